The van der Waals surface area contributed by atoms with Gasteiger partial charge in [-0.1, -0.05) is 31.2 Å². The number of nitrogens with one attached hydrogen (secondary N) is 1. The van der Waals surface area contributed by atoms with E-state index >= 15 is 0 Å². The zero-order chi connectivity index (χ0) is 16.1. The smallest absolute Gasteiger partial charge is 0.124 e. The number of aliphatic hydroxyl groups is 1. The summed E-state index contributed by atoms with van der Waals surface area (Å²) in [6.45, 7) is 2.94. The lowest BCUT2D eigenvalue weighted by molar-refractivity contribution is 0.244. The Bertz CT molecular complexity index is 720. The van der Waals surface area contributed by atoms with Crippen molar-refractivity contribution in [3.8, 4) is 10.6 Å². The van der Waals surface area contributed by atoms with E-state index in [1.165, 1.54) is 16.0 Å². The first kappa shape index (κ1) is 16.3. The third kappa shape index (κ3) is 4.06. The summed E-state index contributed by atoms with van der Waals surface area (Å²) in [4.78, 5) is 5.66. The number of aryl methyl sites for hydroxylation is 1. The highest BCUT2D eigenvalue weighted by Crippen LogP contribution is 2.27. The molecule has 0 aliphatic heterocycles. The molecule has 0 saturated carbocycles. The monoisotopic (exact) mass is 344 g/mol. The van der Waals surface area contributed by atoms with Crippen LogP contribution in [0.4, 0.5) is 0 Å². The van der Waals surface area contributed by atoms with E-state index < -0.39 is 0 Å². The molecule has 23 heavy (non-hydrogen) atoms. The van der Waals surface area contributed by atoms with E-state index in [9.17, 15) is 5.11 Å². The van der Waals surface area contributed by atoms with Gasteiger partial charge in [-0.25, -0.2) is 4.98 Å². The lowest BCUT2D eigenvalue weighted by Gasteiger charge is -2.16. The van der Waals surface area contributed by atoms with Crippen LogP contribution in [0.2, 0.25) is 0 Å². The third-order valence-electron chi connectivity index (χ3n) is 3.82. The molecule has 0 aliphatic rings. The average Bonchev–Trinajstić information content (AvgIpc) is 3.27. The van der Waals surface area contributed by atoms with Crippen molar-refractivity contribution in [3.63, 3.8) is 0 Å². The number of thiophene rings is 1. The summed E-state index contributed by atoms with van der Waals surface area (Å²) in [6, 6.07) is 10.5. The molecule has 0 fully saturated rings. The largest absolute Gasteiger partial charge is 0.394 e. The first-order valence-electron chi connectivity index (χ1n) is 7.70. The summed E-state index contributed by atoms with van der Waals surface area (Å²) < 4.78 is 0. The van der Waals surface area contributed by atoms with Crippen molar-refractivity contribution in [3.05, 3.63) is 63.3 Å². The highest BCUT2D eigenvalue weighted by atomic mass is 32.1. The maximum absolute atomic E-state index is 9.67. The van der Waals surface area contributed by atoms with E-state index in [1.54, 1.807) is 22.7 Å². The molecule has 2 aromatic heterocycles. The van der Waals surface area contributed by atoms with E-state index in [2.05, 4.69) is 58.3 Å². The number of aliphatic hydroxyl groups excluding tert-OH is 1. The summed E-state index contributed by atoms with van der Waals surface area (Å²) in [7, 11) is 0. The van der Waals surface area contributed by atoms with Crippen LogP contribution in [0.5, 0.6) is 0 Å². The molecule has 0 spiro atoms. The molecular formula is C18H20N2OS2. The second-order valence-electron chi connectivity index (χ2n) is 5.35. The van der Waals surface area contributed by atoms with Crippen LogP contribution >= 0.6 is 22.7 Å². The van der Waals surface area contributed by atoms with Gasteiger partial charge in [0, 0.05) is 28.6 Å². The molecule has 2 heterocycles. The predicted octanol–water partition coefficient (Wildman–Crippen LogP) is 4.26. The van der Waals surface area contributed by atoms with Crippen LogP contribution in [0.25, 0.3) is 10.6 Å². The van der Waals surface area contributed by atoms with E-state index in [0.29, 0.717) is 6.54 Å². The third-order valence-corrected chi connectivity index (χ3v) is 5.55. The number of hydrogen-bond acceptors (Lipinski definition) is 5. The molecule has 3 nitrogen and oxygen atoms in total. The minimum absolute atomic E-state index is 0.0485. The fourth-order valence-corrected chi connectivity index (χ4v) is 3.98. The van der Waals surface area contributed by atoms with Crippen molar-refractivity contribution in [2.45, 2.75) is 25.9 Å². The van der Waals surface area contributed by atoms with Gasteiger partial charge in [0.25, 0.3) is 0 Å². The van der Waals surface area contributed by atoms with Crippen LogP contribution in [0.3, 0.4) is 0 Å². The molecule has 0 amide bonds. The number of hydrogen-bond donors (Lipinski definition) is 2. The van der Waals surface area contributed by atoms with E-state index in [0.717, 1.165) is 17.0 Å². The standard InChI is InChI=1S/C18H20N2OS2/c1-2-13-3-5-14(6-4-13)17(11-21)19-9-16-10-20-18(23-16)15-7-8-22-12-15/h3-8,10,12,17,19,21H,2,9,11H2,1H3. The molecule has 0 radical (unpaired) electrons. The Morgan fingerprint density at radius 2 is 2.04 bits per heavy atom. The molecule has 3 aromatic rings. The van der Waals surface area contributed by atoms with Gasteiger partial charge < -0.3 is 10.4 Å². The molecule has 2 N–H and O–H groups in total. The van der Waals surface area contributed by atoms with E-state index in [-0.39, 0.29) is 12.6 Å². The molecule has 0 bridgehead atoms. The van der Waals surface area contributed by atoms with Gasteiger partial charge in [-0.3, -0.25) is 0 Å². The first-order valence-corrected chi connectivity index (χ1v) is 9.46. The molecule has 1 unspecified atom stereocenters. The Morgan fingerprint density at radius 3 is 2.70 bits per heavy atom. The zero-order valence-electron chi connectivity index (χ0n) is 13.0. The predicted molar refractivity (Wildman–Crippen MR) is 97.9 cm³/mol. The molecule has 0 aliphatic carbocycles. The lowest BCUT2D eigenvalue weighted by atomic mass is 10.0. The minimum Gasteiger partial charge on any atom is -0.394 e. The summed E-state index contributed by atoms with van der Waals surface area (Å²) in [5.74, 6) is 0. The molecule has 1 atom stereocenters. The van der Waals surface area contributed by atoms with Gasteiger partial charge in [-0.05, 0) is 29.0 Å². The highest BCUT2D eigenvalue weighted by Gasteiger charge is 2.11. The van der Waals surface area contributed by atoms with Crippen molar-refractivity contribution in [1.29, 1.82) is 0 Å². The Kier molecular flexibility index (Phi) is 5.56. The van der Waals surface area contributed by atoms with E-state index in [1.807, 2.05) is 6.20 Å². The van der Waals surface area contributed by atoms with Crippen LogP contribution < -0.4 is 5.32 Å². The topological polar surface area (TPSA) is 45.1 Å². The number of aromatic nitrogens is 1. The average molecular weight is 345 g/mol. The van der Waals surface area contributed by atoms with E-state index in [4.69, 9.17) is 0 Å². The second-order valence-corrected chi connectivity index (χ2v) is 7.25. The molecular weight excluding hydrogens is 324 g/mol. The van der Waals surface area contributed by atoms with Gasteiger partial charge in [-0.2, -0.15) is 11.3 Å². The van der Waals surface area contributed by atoms with Crippen LogP contribution in [-0.2, 0) is 13.0 Å². The summed E-state index contributed by atoms with van der Waals surface area (Å²) >= 11 is 3.38. The van der Waals surface area contributed by atoms with Gasteiger partial charge in [0.15, 0.2) is 0 Å². The fraction of sp³-hybridized carbons (Fsp3) is 0.278. The Labute approximate surface area is 144 Å². The highest BCUT2D eigenvalue weighted by molar-refractivity contribution is 7.15. The fourth-order valence-electron chi connectivity index (χ4n) is 2.41. The van der Waals surface area contributed by atoms with Gasteiger partial charge in [0.2, 0.25) is 0 Å². The normalized spacial score (nSPS) is 12.4. The quantitative estimate of drug-likeness (QED) is 0.673. The summed E-state index contributed by atoms with van der Waals surface area (Å²) in [5, 5.41) is 18.3. The number of benzene rings is 1. The molecule has 3 rings (SSSR count). The minimum atomic E-state index is -0.0485. The van der Waals surface area contributed by atoms with Crippen molar-refractivity contribution >= 4 is 22.7 Å². The number of thiazole rings is 1. The molecule has 5 heteroatoms. The van der Waals surface area contributed by atoms with Crippen LogP contribution in [0.1, 0.15) is 29.0 Å². The van der Waals surface area contributed by atoms with Crippen molar-refractivity contribution in [2.24, 2.45) is 0 Å². The Balaban J connectivity index is 1.63. The number of rotatable bonds is 7. The van der Waals surface area contributed by atoms with Crippen LogP contribution in [0, 0.1) is 0 Å². The maximum atomic E-state index is 9.67. The van der Waals surface area contributed by atoms with Gasteiger partial charge in [-0.15, -0.1) is 11.3 Å². The summed E-state index contributed by atoms with van der Waals surface area (Å²) in [5.41, 5.74) is 3.61. The van der Waals surface area contributed by atoms with Crippen molar-refractivity contribution in [2.75, 3.05) is 6.61 Å². The van der Waals surface area contributed by atoms with Crippen molar-refractivity contribution in [1.82, 2.24) is 10.3 Å². The SMILES string of the molecule is CCc1ccc(C(CO)NCc2cnc(-c3ccsc3)s2)cc1. The Hall–Kier alpha value is -1.53. The second kappa shape index (κ2) is 7.84. The lowest BCUT2D eigenvalue weighted by Crippen LogP contribution is -2.23. The maximum Gasteiger partial charge on any atom is 0.124 e. The molecule has 120 valence electrons. The van der Waals surface area contributed by atoms with Crippen LogP contribution in [-0.4, -0.2) is 16.7 Å². The van der Waals surface area contributed by atoms with Crippen LogP contribution in [0.15, 0.2) is 47.3 Å². The molecule has 0 saturated heterocycles. The van der Waals surface area contributed by atoms with Gasteiger partial charge in [0.1, 0.15) is 5.01 Å². The van der Waals surface area contributed by atoms with Crippen molar-refractivity contribution < 1.29 is 5.11 Å². The first-order chi connectivity index (χ1) is 11.3. The summed E-state index contributed by atoms with van der Waals surface area (Å²) in [6.07, 6.45) is 2.95. The Morgan fingerprint density at radius 1 is 1.22 bits per heavy atom. The zero-order valence-corrected chi connectivity index (χ0v) is 14.7. The van der Waals surface area contributed by atoms with Gasteiger partial charge >= 0.3 is 0 Å². The van der Waals surface area contributed by atoms with Gasteiger partial charge in [0.05, 0.1) is 12.6 Å². The molecule has 1 aromatic carbocycles. The number of nitrogens with zero attached hydrogens (tertiary/aromatic N) is 1.